The zero-order chi connectivity index (χ0) is 14.6. The highest BCUT2D eigenvalue weighted by molar-refractivity contribution is 5.78. The van der Waals surface area contributed by atoms with Gasteiger partial charge in [0.1, 0.15) is 0 Å². The first-order chi connectivity index (χ1) is 8.86. The normalized spacial score (nSPS) is 21.9. The Morgan fingerprint density at radius 2 is 1.89 bits per heavy atom. The third kappa shape index (κ3) is 3.85. The molecular weight excluding hydrogens is 244 g/mol. The summed E-state index contributed by atoms with van der Waals surface area (Å²) < 4.78 is 0. The Balaban J connectivity index is 2.45. The summed E-state index contributed by atoms with van der Waals surface area (Å²) >= 11 is 0. The number of carboxylic acids is 1. The van der Waals surface area contributed by atoms with Gasteiger partial charge in [-0.05, 0) is 31.1 Å². The molecule has 2 N–H and O–H groups in total. The van der Waals surface area contributed by atoms with Crippen LogP contribution in [-0.2, 0) is 4.79 Å². The number of urea groups is 1. The van der Waals surface area contributed by atoms with Crippen LogP contribution in [0.1, 0.15) is 40.0 Å². The van der Waals surface area contributed by atoms with Gasteiger partial charge >= 0.3 is 12.0 Å². The molecule has 5 nitrogen and oxygen atoms in total. The Morgan fingerprint density at radius 3 is 2.26 bits per heavy atom. The van der Waals surface area contributed by atoms with Crippen LogP contribution in [0.2, 0.25) is 0 Å². The third-order valence-electron chi connectivity index (χ3n) is 4.52. The van der Waals surface area contributed by atoms with Gasteiger partial charge < -0.3 is 15.3 Å². The lowest BCUT2D eigenvalue weighted by Crippen LogP contribution is -2.46. The van der Waals surface area contributed by atoms with E-state index in [9.17, 15) is 14.7 Å². The zero-order valence-corrected chi connectivity index (χ0v) is 12.4. The molecule has 0 aromatic rings. The molecule has 0 aromatic heterocycles. The second-order valence-corrected chi connectivity index (χ2v) is 5.80. The molecule has 2 amide bonds. The molecule has 1 saturated carbocycles. The number of carboxylic acid groups (broad SMARTS) is 1. The van der Waals surface area contributed by atoms with Crippen molar-refractivity contribution in [3.8, 4) is 0 Å². The standard InChI is InChI=1S/C14H26N2O3/c1-5-14(6-2,12(17)18)9-15-13(19)16(4)8-11-7-10(11)3/h10-11H,5-9H2,1-4H3,(H,15,19)(H,17,18). The van der Waals surface area contributed by atoms with Gasteiger partial charge in [0.2, 0.25) is 0 Å². The molecular formula is C14H26N2O3. The van der Waals surface area contributed by atoms with E-state index in [2.05, 4.69) is 12.2 Å². The molecule has 0 heterocycles. The maximum Gasteiger partial charge on any atom is 0.317 e. The van der Waals surface area contributed by atoms with E-state index < -0.39 is 11.4 Å². The van der Waals surface area contributed by atoms with Gasteiger partial charge in [-0.2, -0.15) is 0 Å². The molecule has 0 spiro atoms. The first-order valence-corrected chi connectivity index (χ1v) is 7.08. The Hall–Kier alpha value is -1.26. The number of amides is 2. The second kappa shape index (κ2) is 6.26. The predicted molar refractivity (Wildman–Crippen MR) is 74.0 cm³/mol. The molecule has 0 radical (unpaired) electrons. The average Bonchev–Trinajstić information content (AvgIpc) is 3.05. The summed E-state index contributed by atoms with van der Waals surface area (Å²) in [5.74, 6) is 0.480. The van der Waals surface area contributed by atoms with Crippen molar-refractivity contribution in [1.29, 1.82) is 0 Å². The molecule has 2 unspecified atom stereocenters. The topological polar surface area (TPSA) is 69.6 Å². The number of nitrogens with zero attached hydrogens (tertiary/aromatic N) is 1. The van der Waals surface area contributed by atoms with Gasteiger partial charge in [0, 0.05) is 20.1 Å². The van der Waals surface area contributed by atoms with Crippen LogP contribution in [-0.4, -0.2) is 42.1 Å². The molecule has 0 aliphatic heterocycles. The van der Waals surface area contributed by atoms with Gasteiger partial charge in [0.05, 0.1) is 5.41 Å². The van der Waals surface area contributed by atoms with Crippen LogP contribution < -0.4 is 5.32 Å². The Bertz CT molecular complexity index is 340. The van der Waals surface area contributed by atoms with Gasteiger partial charge in [-0.25, -0.2) is 4.79 Å². The van der Waals surface area contributed by atoms with Crippen LogP contribution in [0.4, 0.5) is 4.79 Å². The molecule has 1 aliphatic carbocycles. The number of rotatable bonds is 7. The highest BCUT2D eigenvalue weighted by atomic mass is 16.4. The SMILES string of the molecule is CCC(CC)(CNC(=O)N(C)CC1CC1C)C(=O)O. The highest BCUT2D eigenvalue weighted by Crippen LogP contribution is 2.37. The number of nitrogens with one attached hydrogen (secondary N) is 1. The Morgan fingerprint density at radius 1 is 1.37 bits per heavy atom. The maximum atomic E-state index is 11.9. The summed E-state index contributed by atoms with van der Waals surface area (Å²) in [6.45, 7) is 6.82. The number of carbonyl (C=O) groups is 2. The first-order valence-electron chi connectivity index (χ1n) is 7.08. The smallest absolute Gasteiger partial charge is 0.317 e. The van der Waals surface area contributed by atoms with Crippen molar-refractivity contribution >= 4 is 12.0 Å². The first kappa shape index (κ1) is 15.8. The van der Waals surface area contributed by atoms with Crippen molar-refractivity contribution in [2.75, 3.05) is 20.1 Å². The molecule has 110 valence electrons. The van der Waals surface area contributed by atoms with Crippen molar-refractivity contribution in [1.82, 2.24) is 10.2 Å². The van der Waals surface area contributed by atoms with E-state index in [-0.39, 0.29) is 12.6 Å². The quantitative estimate of drug-likeness (QED) is 0.745. The molecule has 2 atom stereocenters. The van der Waals surface area contributed by atoms with Crippen molar-refractivity contribution in [2.45, 2.75) is 40.0 Å². The monoisotopic (exact) mass is 270 g/mol. The van der Waals surface area contributed by atoms with Crippen LogP contribution in [0, 0.1) is 17.3 Å². The van der Waals surface area contributed by atoms with Crippen molar-refractivity contribution in [3.63, 3.8) is 0 Å². The fourth-order valence-corrected chi connectivity index (χ4v) is 2.35. The van der Waals surface area contributed by atoms with Crippen molar-refractivity contribution in [3.05, 3.63) is 0 Å². The van der Waals surface area contributed by atoms with Gasteiger partial charge in [0.25, 0.3) is 0 Å². The Labute approximate surface area is 115 Å². The minimum absolute atomic E-state index is 0.174. The van der Waals surface area contributed by atoms with E-state index in [1.807, 2.05) is 13.8 Å². The summed E-state index contributed by atoms with van der Waals surface area (Å²) in [4.78, 5) is 24.9. The zero-order valence-electron chi connectivity index (χ0n) is 12.4. The number of hydrogen-bond acceptors (Lipinski definition) is 2. The van der Waals surface area contributed by atoms with E-state index in [1.165, 1.54) is 6.42 Å². The fourth-order valence-electron chi connectivity index (χ4n) is 2.35. The molecule has 0 aromatic carbocycles. The van der Waals surface area contributed by atoms with E-state index in [0.717, 1.165) is 6.54 Å². The molecule has 5 heteroatoms. The molecule has 1 fully saturated rings. The van der Waals surface area contributed by atoms with Crippen LogP contribution in [0.25, 0.3) is 0 Å². The summed E-state index contributed by atoms with van der Waals surface area (Å²) in [7, 11) is 1.76. The molecule has 1 rings (SSSR count). The molecule has 19 heavy (non-hydrogen) atoms. The van der Waals surface area contributed by atoms with E-state index in [1.54, 1.807) is 11.9 Å². The Kier molecular flexibility index (Phi) is 5.20. The van der Waals surface area contributed by atoms with Gasteiger partial charge in [-0.1, -0.05) is 20.8 Å². The van der Waals surface area contributed by atoms with Gasteiger partial charge in [-0.3, -0.25) is 4.79 Å². The molecule has 1 aliphatic rings. The van der Waals surface area contributed by atoms with Crippen LogP contribution in [0.5, 0.6) is 0 Å². The maximum absolute atomic E-state index is 11.9. The van der Waals surface area contributed by atoms with E-state index in [4.69, 9.17) is 0 Å². The van der Waals surface area contributed by atoms with Crippen molar-refractivity contribution < 1.29 is 14.7 Å². The predicted octanol–water partition coefficient (Wildman–Crippen LogP) is 2.17. The summed E-state index contributed by atoms with van der Waals surface area (Å²) in [5, 5.41) is 12.1. The van der Waals surface area contributed by atoms with Crippen LogP contribution >= 0.6 is 0 Å². The summed E-state index contributed by atoms with van der Waals surface area (Å²) in [6.07, 6.45) is 2.21. The minimum Gasteiger partial charge on any atom is -0.481 e. The number of aliphatic carboxylic acids is 1. The average molecular weight is 270 g/mol. The lowest BCUT2D eigenvalue weighted by molar-refractivity contribution is -0.149. The number of carbonyl (C=O) groups excluding carboxylic acids is 1. The van der Waals surface area contributed by atoms with Crippen LogP contribution in [0.15, 0.2) is 0 Å². The fraction of sp³-hybridized carbons (Fsp3) is 0.857. The third-order valence-corrected chi connectivity index (χ3v) is 4.52. The largest absolute Gasteiger partial charge is 0.481 e. The summed E-state index contributed by atoms with van der Waals surface area (Å²) in [5.41, 5.74) is -0.844. The lowest BCUT2D eigenvalue weighted by Gasteiger charge is -2.28. The number of hydrogen-bond donors (Lipinski definition) is 2. The van der Waals surface area contributed by atoms with Crippen molar-refractivity contribution in [2.24, 2.45) is 17.3 Å². The highest BCUT2D eigenvalue weighted by Gasteiger charge is 2.37. The van der Waals surface area contributed by atoms with E-state index >= 15 is 0 Å². The molecule has 0 bridgehead atoms. The van der Waals surface area contributed by atoms with Crippen LogP contribution in [0.3, 0.4) is 0 Å². The van der Waals surface area contributed by atoms with E-state index in [0.29, 0.717) is 24.7 Å². The minimum atomic E-state index is -0.844. The second-order valence-electron chi connectivity index (χ2n) is 5.80. The van der Waals surface area contributed by atoms with Gasteiger partial charge in [-0.15, -0.1) is 0 Å². The molecule has 0 saturated heterocycles. The lowest BCUT2D eigenvalue weighted by atomic mass is 9.82. The van der Waals surface area contributed by atoms with Gasteiger partial charge in [0.15, 0.2) is 0 Å². The summed E-state index contributed by atoms with van der Waals surface area (Å²) in [6, 6.07) is -0.174.